The number of aromatic nitrogens is 2. The average molecular weight is 323 g/mol. The lowest BCUT2D eigenvalue weighted by atomic mass is 10.2. The fourth-order valence-corrected chi connectivity index (χ4v) is 3.16. The lowest BCUT2D eigenvalue weighted by Gasteiger charge is -2.34. The summed E-state index contributed by atoms with van der Waals surface area (Å²) in [7, 11) is 0. The Hall–Kier alpha value is -1.50. The highest BCUT2D eigenvalue weighted by Gasteiger charge is 2.23. The highest BCUT2D eigenvalue weighted by atomic mass is 35.5. The van der Waals surface area contributed by atoms with Crippen molar-refractivity contribution in [3.63, 3.8) is 0 Å². The van der Waals surface area contributed by atoms with Gasteiger partial charge in [0.05, 0.1) is 12.4 Å². The van der Waals surface area contributed by atoms with E-state index in [1.165, 1.54) is 17.3 Å². The molecule has 110 valence electrons. The van der Waals surface area contributed by atoms with Gasteiger partial charge in [-0.2, -0.15) is 0 Å². The number of nitrogens with zero attached hydrogens (tertiary/aromatic N) is 4. The van der Waals surface area contributed by atoms with Crippen LogP contribution in [0.5, 0.6) is 0 Å². The predicted molar refractivity (Wildman–Crippen MR) is 82.5 cm³/mol. The van der Waals surface area contributed by atoms with Crippen LogP contribution in [0.1, 0.15) is 15.4 Å². The van der Waals surface area contributed by atoms with Gasteiger partial charge in [-0.05, 0) is 11.4 Å². The van der Waals surface area contributed by atoms with Crippen LogP contribution in [0, 0.1) is 0 Å². The molecule has 0 N–H and O–H groups in total. The number of carbonyl (C=O) groups is 1. The summed E-state index contributed by atoms with van der Waals surface area (Å²) in [5, 5.41) is 2.39. The Morgan fingerprint density at radius 3 is 2.67 bits per heavy atom. The van der Waals surface area contributed by atoms with Gasteiger partial charge in [-0.15, -0.1) is 11.3 Å². The zero-order valence-corrected chi connectivity index (χ0v) is 13.0. The van der Waals surface area contributed by atoms with Crippen molar-refractivity contribution in [3.05, 3.63) is 45.6 Å². The number of piperazine rings is 1. The van der Waals surface area contributed by atoms with Crippen LogP contribution in [-0.2, 0) is 6.54 Å². The second-order valence-electron chi connectivity index (χ2n) is 4.87. The van der Waals surface area contributed by atoms with Crippen molar-refractivity contribution in [3.8, 4) is 0 Å². The maximum absolute atomic E-state index is 12.3. The molecule has 2 aromatic heterocycles. The molecule has 1 saturated heterocycles. The molecule has 0 saturated carbocycles. The number of rotatable bonds is 3. The molecular weight excluding hydrogens is 308 g/mol. The molecule has 0 unspecified atom stereocenters. The predicted octanol–water partition coefficient (Wildman–Crippen LogP) is 2.15. The molecule has 1 amide bonds. The first-order valence-corrected chi connectivity index (χ1v) is 8.00. The standard InChI is InChI=1S/C14H15ClN4OS/c15-13-9-16-12(8-17-13)14(20)19-5-3-18(4-6-19)10-11-2-1-7-21-11/h1-2,7-9H,3-6,10H2. The van der Waals surface area contributed by atoms with E-state index in [0.717, 1.165) is 19.6 Å². The highest BCUT2D eigenvalue weighted by molar-refractivity contribution is 7.09. The minimum Gasteiger partial charge on any atom is -0.335 e. The summed E-state index contributed by atoms with van der Waals surface area (Å²) in [6, 6.07) is 4.21. The molecule has 1 aliphatic rings. The second kappa shape index (κ2) is 6.51. The van der Waals surface area contributed by atoms with Crippen molar-refractivity contribution in [1.29, 1.82) is 0 Å². The van der Waals surface area contributed by atoms with Gasteiger partial charge in [0.2, 0.25) is 0 Å². The fraction of sp³-hybridized carbons (Fsp3) is 0.357. The van der Waals surface area contributed by atoms with Gasteiger partial charge in [-0.3, -0.25) is 9.69 Å². The molecule has 0 radical (unpaired) electrons. The maximum atomic E-state index is 12.3. The highest BCUT2D eigenvalue weighted by Crippen LogP contribution is 2.14. The van der Waals surface area contributed by atoms with Gasteiger partial charge in [-0.25, -0.2) is 9.97 Å². The van der Waals surface area contributed by atoms with Crippen molar-refractivity contribution in [2.45, 2.75) is 6.54 Å². The van der Waals surface area contributed by atoms with Crippen LogP contribution in [-0.4, -0.2) is 51.9 Å². The summed E-state index contributed by atoms with van der Waals surface area (Å²) in [6.45, 7) is 4.15. The molecule has 0 spiro atoms. The van der Waals surface area contributed by atoms with Gasteiger partial charge in [0.15, 0.2) is 0 Å². The average Bonchev–Trinajstić information content (AvgIpc) is 3.01. The Bertz CT molecular complexity index is 594. The minimum atomic E-state index is -0.0741. The SMILES string of the molecule is O=C(c1cnc(Cl)cn1)N1CCN(Cc2cccs2)CC1. The van der Waals surface area contributed by atoms with E-state index in [9.17, 15) is 4.79 Å². The van der Waals surface area contributed by atoms with Crippen LogP contribution in [0.25, 0.3) is 0 Å². The number of amides is 1. The van der Waals surface area contributed by atoms with Gasteiger partial charge < -0.3 is 4.90 Å². The summed E-state index contributed by atoms with van der Waals surface area (Å²) in [5.74, 6) is -0.0741. The van der Waals surface area contributed by atoms with Crippen LogP contribution < -0.4 is 0 Å². The number of hydrogen-bond donors (Lipinski definition) is 0. The van der Waals surface area contributed by atoms with Crippen LogP contribution in [0.3, 0.4) is 0 Å². The quantitative estimate of drug-likeness (QED) is 0.869. The van der Waals surface area contributed by atoms with Crippen LogP contribution >= 0.6 is 22.9 Å². The molecule has 0 aromatic carbocycles. The Morgan fingerprint density at radius 1 is 1.24 bits per heavy atom. The van der Waals surface area contributed by atoms with Gasteiger partial charge in [0.25, 0.3) is 5.91 Å². The monoisotopic (exact) mass is 322 g/mol. The number of halogens is 1. The Kier molecular flexibility index (Phi) is 4.48. The molecule has 3 rings (SSSR count). The van der Waals surface area contributed by atoms with Crippen molar-refractivity contribution in [2.24, 2.45) is 0 Å². The van der Waals surface area contributed by atoms with Crippen LogP contribution in [0.15, 0.2) is 29.9 Å². The lowest BCUT2D eigenvalue weighted by Crippen LogP contribution is -2.48. The Morgan fingerprint density at radius 2 is 2.05 bits per heavy atom. The summed E-state index contributed by atoms with van der Waals surface area (Å²) in [4.78, 5) is 25.8. The summed E-state index contributed by atoms with van der Waals surface area (Å²) < 4.78 is 0. The molecule has 0 bridgehead atoms. The van der Waals surface area contributed by atoms with E-state index in [1.807, 2.05) is 4.90 Å². The maximum Gasteiger partial charge on any atom is 0.274 e. The van der Waals surface area contributed by atoms with E-state index in [4.69, 9.17) is 11.6 Å². The van der Waals surface area contributed by atoms with E-state index >= 15 is 0 Å². The summed E-state index contributed by atoms with van der Waals surface area (Å²) in [6.07, 6.45) is 2.84. The molecule has 7 heteroatoms. The second-order valence-corrected chi connectivity index (χ2v) is 6.29. The summed E-state index contributed by atoms with van der Waals surface area (Å²) in [5.41, 5.74) is 0.353. The molecule has 1 fully saturated rings. The first-order chi connectivity index (χ1) is 10.2. The zero-order valence-electron chi connectivity index (χ0n) is 11.4. The smallest absolute Gasteiger partial charge is 0.274 e. The third-order valence-electron chi connectivity index (χ3n) is 3.46. The first kappa shape index (κ1) is 14.4. The molecule has 5 nitrogen and oxygen atoms in total. The first-order valence-electron chi connectivity index (χ1n) is 6.74. The molecular formula is C14H15ClN4OS. The Labute approximate surface area is 132 Å². The van der Waals surface area contributed by atoms with Crippen LogP contribution in [0.2, 0.25) is 5.15 Å². The van der Waals surface area contributed by atoms with Gasteiger partial charge >= 0.3 is 0 Å². The topological polar surface area (TPSA) is 49.3 Å². The van der Waals surface area contributed by atoms with E-state index in [-0.39, 0.29) is 5.91 Å². The van der Waals surface area contributed by atoms with Crippen molar-refractivity contribution < 1.29 is 4.79 Å². The number of carbonyl (C=O) groups excluding carboxylic acids is 1. The third-order valence-corrected chi connectivity index (χ3v) is 4.51. The fourth-order valence-electron chi connectivity index (χ4n) is 2.32. The molecule has 0 aliphatic carbocycles. The largest absolute Gasteiger partial charge is 0.335 e. The van der Waals surface area contributed by atoms with Crippen LogP contribution in [0.4, 0.5) is 0 Å². The van der Waals surface area contributed by atoms with Gasteiger partial charge in [0, 0.05) is 37.6 Å². The summed E-state index contributed by atoms with van der Waals surface area (Å²) >= 11 is 7.45. The van der Waals surface area contributed by atoms with E-state index in [1.54, 1.807) is 11.3 Å². The number of thiophene rings is 1. The van der Waals surface area contributed by atoms with E-state index in [2.05, 4.69) is 32.4 Å². The number of hydrogen-bond acceptors (Lipinski definition) is 5. The molecule has 3 heterocycles. The van der Waals surface area contributed by atoms with E-state index < -0.39 is 0 Å². The Balaban J connectivity index is 1.55. The van der Waals surface area contributed by atoms with Crippen molar-refractivity contribution >= 4 is 28.8 Å². The lowest BCUT2D eigenvalue weighted by molar-refractivity contribution is 0.0623. The molecule has 0 atom stereocenters. The third kappa shape index (κ3) is 3.58. The normalized spacial score (nSPS) is 16.1. The molecule has 2 aromatic rings. The minimum absolute atomic E-state index is 0.0741. The van der Waals surface area contributed by atoms with Crippen molar-refractivity contribution in [2.75, 3.05) is 26.2 Å². The van der Waals surface area contributed by atoms with Gasteiger partial charge in [-0.1, -0.05) is 17.7 Å². The van der Waals surface area contributed by atoms with Crippen molar-refractivity contribution in [1.82, 2.24) is 19.8 Å². The molecule has 1 aliphatic heterocycles. The van der Waals surface area contributed by atoms with Gasteiger partial charge in [0.1, 0.15) is 10.8 Å². The molecule has 21 heavy (non-hydrogen) atoms. The zero-order chi connectivity index (χ0) is 14.7. The van der Waals surface area contributed by atoms with E-state index in [0.29, 0.717) is 23.9 Å².